The zero-order valence-corrected chi connectivity index (χ0v) is 17.9. The highest BCUT2D eigenvalue weighted by molar-refractivity contribution is 9.10. The first-order valence-corrected chi connectivity index (χ1v) is 9.66. The van der Waals surface area contributed by atoms with Crippen LogP contribution in [-0.4, -0.2) is 25.5 Å². The van der Waals surface area contributed by atoms with Gasteiger partial charge in [-0.25, -0.2) is 0 Å². The van der Waals surface area contributed by atoms with E-state index in [1.807, 2.05) is 0 Å². The van der Waals surface area contributed by atoms with Gasteiger partial charge >= 0.3 is 6.18 Å². The topological polar surface area (TPSA) is 64.7 Å². The summed E-state index contributed by atoms with van der Waals surface area (Å²) in [6.07, 6.45) is -1.59. The van der Waals surface area contributed by atoms with E-state index in [0.717, 1.165) is 10.2 Å². The third kappa shape index (κ3) is 5.12. The second kappa shape index (κ2) is 8.37. The Bertz CT molecular complexity index is 1060. The molecule has 1 aromatic carbocycles. The second-order valence-corrected chi connectivity index (χ2v) is 7.73. The van der Waals surface area contributed by atoms with Crippen LogP contribution >= 0.6 is 39.1 Å². The number of rotatable bonds is 5. The van der Waals surface area contributed by atoms with Gasteiger partial charge in [-0.1, -0.05) is 29.3 Å². The lowest BCUT2D eigenvalue weighted by molar-refractivity contribution is -0.142. The first-order chi connectivity index (χ1) is 13.5. The summed E-state index contributed by atoms with van der Waals surface area (Å²) in [5.74, 6) is -0.536. The molecule has 1 amide bonds. The summed E-state index contributed by atoms with van der Waals surface area (Å²) < 4.78 is 41.1. The first-order valence-electron chi connectivity index (χ1n) is 8.11. The molecule has 0 radical (unpaired) electrons. The van der Waals surface area contributed by atoms with Gasteiger partial charge in [0.2, 0.25) is 5.91 Å². The van der Waals surface area contributed by atoms with Crippen molar-refractivity contribution < 1.29 is 18.0 Å². The van der Waals surface area contributed by atoms with E-state index >= 15 is 0 Å². The molecule has 6 nitrogen and oxygen atoms in total. The van der Waals surface area contributed by atoms with Crippen LogP contribution in [0.1, 0.15) is 17.0 Å². The molecule has 2 aromatic heterocycles. The lowest BCUT2D eigenvalue weighted by Crippen LogP contribution is -2.20. The monoisotopic (exact) mass is 509 g/mol. The zero-order chi connectivity index (χ0) is 21.3. The van der Waals surface area contributed by atoms with Crippen molar-refractivity contribution in [3.63, 3.8) is 0 Å². The standard InChI is InChI=1S/C17H13BrCl2F3N5O/c1-9-15(18)16(17(21,22)23)26-28(9)8-14(29)25-11-5-24-27(7-11)6-10-2-3-12(19)13(20)4-10/h2-5,7H,6,8H2,1H3,(H,25,29). The lowest BCUT2D eigenvalue weighted by Gasteiger charge is -2.05. The summed E-state index contributed by atoms with van der Waals surface area (Å²) in [6.45, 7) is 1.46. The Labute approximate surface area is 181 Å². The highest BCUT2D eigenvalue weighted by Crippen LogP contribution is 2.35. The largest absolute Gasteiger partial charge is 0.436 e. The predicted molar refractivity (Wildman–Crippen MR) is 106 cm³/mol. The molecular weight excluding hydrogens is 498 g/mol. The van der Waals surface area contributed by atoms with Gasteiger partial charge in [-0.05, 0) is 40.5 Å². The van der Waals surface area contributed by atoms with E-state index < -0.39 is 17.8 Å². The average molecular weight is 511 g/mol. The van der Waals surface area contributed by atoms with Crippen LogP contribution in [0.3, 0.4) is 0 Å². The molecule has 0 unspecified atom stereocenters. The number of hydrogen-bond acceptors (Lipinski definition) is 3. The van der Waals surface area contributed by atoms with Gasteiger partial charge in [0.15, 0.2) is 5.69 Å². The Kier molecular flexibility index (Phi) is 6.25. The number of alkyl halides is 3. The molecule has 29 heavy (non-hydrogen) atoms. The number of carbonyl (C=O) groups is 1. The smallest absolute Gasteiger partial charge is 0.322 e. The summed E-state index contributed by atoms with van der Waals surface area (Å²) in [5, 5.41) is 11.1. The summed E-state index contributed by atoms with van der Waals surface area (Å²) in [5.41, 5.74) is 0.382. The van der Waals surface area contributed by atoms with E-state index in [1.165, 1.54) is 13.1 Å². The van der Waals surface area contributed by atoms with E-state index in [4.69, 9.17) is 23.2 Å². The van der Waals surface area contributed by atoms with Crippen LogP contribution in [0, 0.1) is 6.92 Å². The minimum atomic E-state index is -4.61. The molecule has 154 valence electrons. The highest BCUT2D eigenvalue weighted by atomic mass is 79.9. The van der Waals surface area contributed by atoms with Gasteiger partial charge < -0.3 is 5.32 Å². The number of halogens is 6. The molecule has 0 aliphatic carbocycles. The maximum absolute atomic E-state index is 12.9. The van der Waals surface area contributed by atoms with Crippen molar-refractivity contribution in [3.8, 4) is 0 Å². The number of aromatic nitrogens is 4. The Morgan fingerprint density at radius 2 is 2.00 bits per heavy atom. The average Bonchev–Trinajstić information content (AvgIpc) is 3.17. The molecule has 0 spiro atoms. The quantitative estimate of drug-likeness (QED) is 0.515. The molecule has 0 saturated heterocycles. The summed E-state index contributed by atoms with van der Waals surface area (Å²) in [7, 11) is 0. The summed E-state index contributed by atoms with van der Waals surface area (Å²) in [4.78, 5) is 12.2. The van der Waals surface area contributed by atoms with Crippen molar-refractivity contribution >= 4 is 50.7 Å². The minimum Gasteiger partial charge on any atom is -0.322 e. The Morgan fingerprint density at radius 1 is 1.28 bits per heavy atom. The van der Waals surface area contributed by atoms with E-state index in [2.05, 4.69) is 31.4 Å². The van der Waals surface area contributed by atoms with Gasteiger partial charge in [0.25, 0.3) is 0 Å². The number of nitrogens with one attached hydrogen (secondary N) is 1. The van der Waals surface area contributed by atoms with Crippen molar-refractivity contribution in [1.29, 1.82) is 0 Å². The van der Waals surface area contributed by atoms with Gasteiger partial charge in [-0.3, -0.25) is 14.2 Å². The van der Waals surface area contributed by atoms with E-state index in [-0.39, 0.29) is 16.7 Å². The fraction of sp³-hybridized carbons (Fsp3) is 0.235. The fourth-order valence-electron chi connectivity index (χ4n) is 2.54. The maximum atomic E-state index is 12.9. The number of nitrogens with zero attached hydrogens (tertiary/aromatic N) is 4. The third-order valence-corrected chi connectivity index (χ3v) is 5.63. The fourth-order valence-corrected chi connectivity index (χ4v) is 3.36. The number of amides is 1. The minimum absolute atomic E-state index is 0.188. The second-order valence-electron chi connectivity index (χ2n) is 6.13. The van der Waals surface area contributed by atoms with Gasteiger partial charge in [-0.2, -0.15) is 23.4 Å². The van der Waals surface area contributed by atoms with E-state index in [0.29, 0.717) is 22.3 Å². The molecule has 1 N–H and O–H groups in total. The highest BCUT2D eigenvalue weighted by Gasteiger charge is 2.38. The van der Waals surface area contributed by atoms with Crippen LogP contribution in [0.4, 0.5) is 18.9 Å². The van der Waals surface area contributed by atoms with Crippen LogP contribution in [-0.2, 0) is 24.1 Å². The molecule has 3 rings (SSSR count). The molecule has 12 heteroatoms. The van der Waals surface area contributed by atoms with Gasteiger partial charge in [0, 0.05) is 6.20 Å². The van der Waals surface area contributed by atoms with Crippen molar-refractivity contribution in [1.82, 2.24) is 19.6 Å². The van der Waals surface area contributed by atoms with Crippen LogP contribution in [0.2, 0.25) is 10.0 Å². The lowest BCUT2D eigenvalue weighted by atomic mass is 10.2. The predicted octanol–water partition coefficient (Wildman–Crippen LogP) is 5.16. The number of carbonyl (C=O) groups excluding carboxylic acids is 1. The zero-order valence-electron chi connectivity index (χ0n) is 14.8. The molecular formula is C17H13BrCl2F3N5O. The van der Waals surface area contributed by atoms with Crippen LogP contribution in [0.25, 0.3) is 0 Å². The molecule has 0 saturated carbocycles. The van der Waals surface area contributed by atoms with Crippen molar-refractivity contribution in [2.75, 3.05) is 5.32 Å². The summed E-state index contributed by atoms with van der Waals surface area (Å²) >= 11 is 14.7. The van der Waals surface area contributed by atoms with E-state index in [9.17, 15) is 18.0 Å². The van der Waals surface area contributed by atoms with Gasteiger partial charge in [-0.15, -0.1) is 0 Å². The molecule has 3 aromatic rings. The van der Waals surface area contributed by atoms with Crippen LogP contribution in [0.15, 0.2) is 35.1 Å². The molecule has 0 aliphatic rings. The van der Waals surface area contributed by atoms with Crippen LogP contribution < -0.4 is 5.32 Å². The molecule has 2 heterocycles. The SMILES string of the molecule is Cc1c(Br)c(C(F)(F)F)nn1CC(=O)Nc1cnn(Cc2ccc(Cl)c(Cl)c2)c1. The van der Waals surface area contributed by atoms with E-state index in [1.54, 1.807) is 29.1 Å². The maximum Gasteiger partial charge on any atom is 0.436 e. The Balaban J connectivity index is 1.66. The number of hydrogen-bond donors (Lipinski definition) is 1. The third-order valence-electron chi connectivity index (χ3n) is 3.94. The molecule has 0 bridgehead atoms. The molecule has 0 aliphatic heterocycles. The Hall–Kier alpha value is -2.04. The van der Waals surface area contributed by atoms with Crippen molar-refractivity contribution in [2.24, 2.45) is 0 Å². The number of anilines is 1. The normalized spacial score (nSPS) is 11.7. The van der Waals surface area contributed by atoms with Gasteiger partial charge in [0.1, 0.15) is 6.54 Å². The first kappa shape index (κ1) is 21.7. The summed E-state index contributed by atoms with van der Waals surface area (Å²) in [6, 6.07) is 5.18. The van der Waals surface area contributed by atoms with Gasteiger partial charge in [0.05, 0.1) is 38.6 Å². The van der Waals surface area contributed by atoms with Crippen LogP contribution in [0.5, 0.6) is 0 Å². The molecule has 0 atom stereocenters. The Morgan fingerprint density at radius 3 is 2.62 bits per heavy atom. The van der Waals surface area contributed by atoms with Crippen molar-refractivity contribution in [3.05, 3.63) is 62.1 Å². The molecule has 0 fully saturated rings. The van der Waals surface area contributed by atoms with Crippen molar-refractivity contribution in [2.45, 2.75) is 26.2 Å². The number of benzene rings is 1.